The number of hydrogen-bond acceptors (Lipinski definition) is 4. The minimum Gasteiger partial charge on any atom is -0.459 e. The van der Waals surface area contributed by atoms with Crippen molar-refractivity contribution >= 4 is 5.97 Å². The van der Waals surface area contributed by atoms with Crippen LogP contribution in [0.3, 0.4) is 0 Å². The van der Waals surface area contributed by atoms with Gasteiger partial charge in [-0.1, -0.05) is 0 Å². The van der Waals surface area contributed by atoms with E-state index in [1.165, 1.54) is 0 Å². The molecule has 0 saturated heterocycles. The normalized spacial score (nSPS) is 14.3. The van der Waals surface area contributed by atoms with E-state index < -0.39 is 17.6 Å². The van der Waals surface area contributed by atoms with Crippen LogP contribution in [0.1, 0.15) is 20.8 Å². The number of esters is 1. The van der Waals surface area contributed by atoms with Gasteiger partial charge in [-0.15, -0.1) is 0 Å². The van der Waals surface area contributed by atoms with E-state index in [0.29, 0.717) is 0 Å². The van der Waals surface area contributed by atoms with E-state index in [-0.39, 0.29) is 6.54 Å². The molecule has 0 aromatic heterocycles. The van der Waals surface area contributed by atoms with Crippen molar-refractivity contribution in [2.45, 2.75) is 32.4 Å². The fourth-order valence-electron chi connectivity index (χ4n) is 0.474. The van der Waals surface area contributed by atoms with Crippen molar-refractivity contribution in [3.05, 3.63) is 0 Å². The molecule has 1 atom stereocenters. The smallest absolute Gasteiger partial charge is 0.324 e. The third-order valence-electron chi connectivity index (χ3n) is 0.963. The number of nitrogens with two attached hydrogens (primary N) is 2. The molecular formula is C7H16N2O2. The van der Waals surface area contributed by atoms with Gasteiger partial charge >= 0.3 is 5.97 Å². The molecule has 0 aliphatic heterocycles. The highest BCUT2D eigenvalue weighted by molar-refractivity contribution is 5.76. The Morgan fingerprint density at radius 1 is 1.55 bits per heavy atom. The van der Waals surface area contributed by atoms with Crippen LogP contribution in [-0.4, -0.2) is 24.2 Å². The fraction of sp³-hybridized carbons (Fsp3) is 0.857. The second-order valence-electron chi connectivity index (χ2n) is 3.38. The molecule has 11 heavy (non-hydrogen) atoms. The van der Waals surface area contributed by atoms with Gasteiger partial charge in [0, 0.05) is 6.54 Å². The summed E-state index contributed by atoms with van der Waals surface area (Å²) in [6.45, 7) is 5.48. The molecule has 0 aromatic carbocycles. The average molecular weight is 160 g/mol. The second-order valence-corrected chi connectivity index (χ2v) is 3.38. The summed E-state index contributed by atoms with van der Waals surface area (Å²) in [6.07, 6.45) is 0. The zero-order chi connectivity index (χ0) is 9.07. The topological polar surface area (TPSA) is 78.3 Å². The monoisotopic (exact) mass is 160 g/mol. The first kappa shape index (κ1) is 10.4. The van der Waals surface area contributed by atoms with Crippen molar-refractivity contribution in [2.24, 2.45) is 11.5 Å². The summed E-state index contributed by atoms with van der Waals surface area (Å²) in [5, 5.41) is 0. The van der Waals surface area contributed by atoms with E-state index in [9.17, 15) is 4.79 Å². The van der Waals surface area contributed by atoms with Crippen LogP contribution in [0.15, 0.2) is 0 Å². The Morgan fingerprint density at radius 3 is 2.27 bits per heavy atom. The van der Waals surface area contributed by atoms with Crippen molar-refractivity contribution in [2.75, 3.05) is 6.54 Å². The number of rotatable bonds is 2. The summed E-state index contributed by atoms with van der Waals surface area (Å²) in [4.78, 5) is 11.0. The Kier molecular flexibility index (Phi) is 3.48. The molecule has 0 aliphatic rings. The number of hydrogen-bond donors (Lipinski definition) is 2. The van der Waals surface area contributed by atoms with Gasteiger partial charge in [-0.2, -0.15) is 0 Å². The first-order valence-electron chi connectivity index (χ1n) is 3.55. The van der Waals surface area contributed by atoms with E-state index in [2.05, 4.69) is 0 Å². The van der Waals surface area contributed by atoms with E-state index in [1.54, 1.807) is 20.8 Å². The van der Waals surface area contributed by atoms with Gasteiger partial charge in [0.05, 0.1) is 0 Å². The molecule has 4 heteroatoms. The first-order valence-corrected chi connectivity index (χ1v) is 3.55. The lowest BCUT2D eigenvalue weighted by molar-refractivity contribution is -0.156. The Labute approximate surface area is 66.9 Å². The standard InChI is InChI=1S/C7H16N2O2/c1-7(2,3)11-6(10)5(9)4-8/h5H,4,8-9H2,1-3H3/t5-/m1/s1. The largest absolute Gasteiger partial charge is 0.459 e. The van der Waals surface area contributed by atoms with Crippen LogP contribution in [-0.2, 0) is 9.53 Å². The molecule has 0 bridgehead atoms. The highest BCUT2D eigenvalue weighted by atomic mass is 16.6. The maximum atomic E-state index is 11.0. The third-order valence-corrected chi connectivity index (χ3v) is 0.963. The van der Waals surface area contributed by atoms with E-state index in [0.717, 1.165) is 0 Å². The molecule has 0 rings (SSSR count). The number of ether oxygens (including phenoxy) is 1. The van der Waals surface area contributed by atoms with Gasteiger partial charge < -0.3 is 16.2 Å². The van der Waals surface area contributed by atoms with Crippen LogP contribution in [0, 0.1) is 0 Å². The molecule has 0 saturated carbocycles. The van der Waals surface area contributed by atoms with Crippen LogP contribution in [0.2, 0.25) is 0 Å². The van der Waals surface area contributed by atoms with E-state index >= 15 is 0 Å². The van der Waals surface area contributed by atoms with Crippen molar-refractivity contribution in [3.8, 4) is 0 Å². The van der Waals surface area contributed by atoms with Gasteiger partial charge in [0.15, 0.2) is 0 Å². The summed E-state index contributed by atoms with van der Waals surface area (Å²) in [5.41, 5.74) is 10.0. The van der Waals surface area contributed by atoms with Gasteiger partial charge in [0.25, 0.3) is 0 Å². The Morgan fingerprint density at radius 2 is 2.00 bits per heavy atom. The molecule has 0 amide bonds. The molecular weight excluding hydrogens is 144 g/mol. The lowest BCUT2D eigenvalue weighted by Crippen LogP contribution is -2.42. The lowest BCUT2D eigenvalue weighted by atomic mass is 10.2. The predicted octanol–water partition coefficient (Wildman–Crippen LogP) is -0.386. The quantitative estimate of drug-likeness (QED) is 0.539. The van der Waals surface area contributed by atoms with Crippen molar-refractivity contribution < 1.29 is 9.53 Å². The van der Waals surface area contributed by atoms with E-state index in [1.807, 2.05) is 0 Å². The zero-order valence-electron chi connectivity index (χ0n) is 7.26. The SMILES string of the molecule is CC(C)(C)OC(=O)[C@H](N)CN. The minimum atomic E-state index is -0.700. The Hall–Kier alpha value is -0.610. The maximum absolute atomic E-state index is 11.0. The molecule has 4 N–H and O–H groups in total. The Balaban J connectivity index is 3.88. The number of carbonyl (C=O) groups is 1. The van der Waals surface area contributed by atoms with Gasteiger partial charge in [0.1, 0.15) is 11.6 Å². The van der Waals surface area contributed by atoms with E-state index in [4.69, 9.17) is 16.2 Å². The molecule has 0 heterocycles. The first-order chi connectivity index (χ1) is 4.87. The van der Waals surface area contributed by atoms with Gasteiger partial charge in [-0.05, 0) is 20.8 Å². The van der Waals surface area contributed by atoms with Crippen LogP contribution >= 0.6 is 0 Å². The van der Waals surface area contributed by atoms with Gasteiger partial charge in [-0.3, -0.25) is 4.79 Å². The molecule has 0 aromatic rings. The van der Waals surface area contributed by atoms with Crippen LogP contribution < -0.4 is 11.5 Å². The maximum Gasteiger partial charge on any atom is 0.324 e. The fourth-order valence-corrected chi connectivity index (χ4v) is 0.474. The molecule has 66 valence electrons. The van der Waals surface area contributed by atoms with Crippen molar-refractivity contribution in [3.63, 3.8) is 0 Å². The van der Waals surface area contributed by atoms with Crippen molar-refractivity contribution in [1.29, 1.82) is 0 Å². The zero-order valence-corrected chi connectivity index (χ0v) is 7.26. The van der Waals surface area contributed by atoms with Gasteiger partial charge in [0.2, 0.25) is 0 Å². The molecule has 0 radical (unpaired) electrons. The summed E-state index contributed by atoms with van der Waals surface area (Å²) in [6, 6.07) is -0.700. The summed E-state index contributed by atoms with van der Waals surface area (Å²) in [7, 11) is 0. The molecule has 0 fully saturated rings. The third kappa shape index (κ3) is 4.75. The van der Waals surface area contributed by atoms with Crippen LogP contribution in [0.4, 0.5) is 0 Å². The highest BCUT2D eigenvalue weighted by Crippen LogP contribution is 2.07. The highest BCUT2D eigenvalue weighted by Gasteiger charge is 2.20. The Bertz CT molecular complexity index is 140. The van der Waals surface area contributed by atoms with Crippen LogP contribution in [0.5, 0.6) is 0 Å². The predicted molar refractivity (Wildman–Crippen MR) is 42.9 cm³/mol. The molecule has 4 nitrogen and oxygen atoms in total. The summed E-state index contributed by atoms with van der Waals surface area (Å²) < 4.78 is 4.95. The molecule has 0 unspecified atom stereocenters. The lowest BCUT2D eigenvalue weighted by Gasteiger charge is -2.21. The molecule has 0 aliphatic carbocycles. The average Bonchev–Trinajstić information content (AvgIpc) is 1.82. The number of carbonyl (C=O) groups excluding carboxylic acids is 1. The minimum absolute atomic E-state index is 0.120. The van der Waals surface area contributed by atoms with Gasteiger partial charge in [-0.25, -0.2) is 0 Å². The van der Waals surface area contributed by atoms with Crippen molar-refractivity contribution in [1.82, 2.24) is 0 Å². The molecule has 0 spiro atoms. The van der Waals surface area contributed by atoms with Crippen LogP contribution in [0.25, 0.3) is 0 Å². The second kappa shape index (κ2) is 3.69. The summed E-state index contributed by atoms with van der Waals surface area (Å²) in [5.74, 6) is -0.444. The summed E-state index contributed by atoms with van der Waals surface area (Å²) >= 11 is 0.